The Hall–Kier alpha value is -1.75. The number of ether oxygens (including phenoxy) is 2. The molecule has 1 aromatic carbocycles. The molecule has 0 aliphatic heterocycles. The molecule has 1 aromatic rings. The van der Waals surface area contributed by atoms with E-state index in [0.29, 0.717) is 24.5 Å². The number of hydrogen-bond donors (Lipinski definition) is 2. The van der Waals surface area contributed by atoms with Gasteiger partial charge in [-0.15, -0.1) is 0 Å². The molecule has 0 saturated heterocycles. The summed E-state index contributed by atoms with van der Waals surface area (Å²) in [5, 5.41) is 3.13. The summed E-state index contributed by atoms with van der Waals surface area (Å²) in [6, 6.07) is 5.97. The summed E-state index contributed by atoms with van der Waals surface area (Å²) >= 11 is 0. The van der Waals surface area contributed by atoms with Crippen molar-refractivity contribution < 1.29 is 14.3 Å². The van der Waals surface area contributed by atoms with E-state index < -0.39 is 0 Å². The maximum absolute atomic E-state index is 12.6. The number of nitrogens with one attached hydrogen (secondary N) is 1. The molecule has 1 amide bonds. The average molecular weight is 363 g/mol. The second-order valence-corrected chi connectivity index (χ2v) is 7.15. The summed E-state index contributed by atoms with van der Waals surface area (Å²) in [5.74, 6) is 1.33. The van der Waals surface area contributed by atoms with Crippen molar-refractivity contribution >= 4 is 5.91 Å². The third-order valence-electron chi connectivity index (χ3n) is 4.82. The van der Waals surface area contributed by atoms with E-state index in [2.05, 4.69) is 19.2 Å². The lowest BCUT2D eigenvalue weighted by molar-refractivity contribution is 0.0925. The highest BCUT2D eigenvalue weighted by Crippen LogP contribution is 2.29. The lowest BCUT2D eigenvalue weighted by atomic mass is 9.91. The molecule has 5 heteroatoms. The van der Waals surface area contributed by atoms with Gasteiger partial charge in [0.1, 0.15) is 0 Å². The van der Waals surface area contributed by atoms with Gasteiger partial charge in [-0.1, -0.05) is 26.7 Å². The first-order valence-corrected chi connectivity index (χ1v) is 10.1. The largest absolute Gasteiger partial charge is 0.490 e. The molecular formula is C21H34N2O3. The number of carbonyl (C=O) groups is 1. The first kappa shape index (κ1) is 20.6. The molecule has 5 nitrogen and oxygen atoms in total. The normalized spacial score (nSPS) is 19.8. The summed E-state index contributed by atoms with van der Waals surface area (Å²) < 4.78 is 11.7. The van der Waals surface area contributed by atoms with Gasteiger partial charge in [0.15, 0.2) is 11.5 Å². The molecule has 0 heterocycles. The first-order chi connectivity index (χ1) is 12.6. The van der Waals surface area contributed by atoms with Gasteiger partial charge in [0.05, 0.1) is 13.2 Å². The van der Waals surface area contributed by atoms with Crippen LogP contribution in [0.3, 0.4) is 0 Å². The lowest BCUT2D eigenvalue weighted by Crippen LogP contribution is -2.40. The van der Waals surface area contributed by atoms with Gasteiger partial charge in [-0.3, -0.25) is 4.79 Å². The Labute approximate surface area is 157 Å². The topological polar surface area (TPSA) is 73.6 Å². The third-order valence-corrected chi connectivity index (χ3v) is 4.82. The van der Waals surface area contributed by atoms with E-state index in [4.69, 9.17) is 15.2 Å². The highest BCUT2D eigenvalue weighted by Gasteiger charge is 2.21. The molecule has 0 bridgehead atoms. The molecule has 0 spiro atoms. The Kier molecular flexibility index (Phi) is 8.75. The molecule has 0 aromatic heterocycles. The molecule has 1 saturated carbocycles. The molecule has 1 aliphatic rings. The fourth-order valence-electron chi connectivity index (χ4n) is 3.07. The van der Waals surface area contributed by atoms with Crippen molar-refractivity contribution in [2.75, 3.05) is 13.2 Å². The Balaban J connectivity index is 2.02. The molecule has 1 aliphatic carbocycles. The van der Waals surface area contributed by atoms with Gasteiger partial charge in [0.2, 0.25) is 0 Å². The highest BCUT2D eigenvalue weighted by molar-refractivity contribution is 5.95. The Morgan fingerprint density at radius 3 is 2.27 bits per heavy atom. The quantitative estimate of drug-likeness (QED) is 0.616. The SMILES string of the molecule is CCCCOc1ccc(C(=O)NC2CCC(N)CC2)cc1OCCCC. The van der Waals surface area contributed by atoms with Crippen LogP contribution in [0.15, 0.2) is 18.2 Å². The van der Waals surface area contributed by atoms with Crippen LogP contribution in [0, 0.1) is 0 Å². The van der Waals surface area contributed by atoms with Gasteiger partial charge >= 0.3 is 0 Å². The summed E-state index contributed by atoms with van der Waals surface area (Å²) in [6.07, 6.45) is 7.97. The van der Waals surface area contributed by atoms with Gasteiger partial charge in [0.25, 0.3) is 5.91 Å². The van der Waals surface area contributed by atoms with Gasteiger partial charge in [-0.25, -0.2) is 0 Å². The molecule has 3 N–H and O–H groups in total. The number of benzene rings is 1. The molecule has 0 atom stereocenters. The first-order valence-electron chi connectivity index (χ1n) is 10.1. The number of unbranched alkanes of at least 4 members (excludes halogenated alkanes) is 2. The van der Waals surface area contributed by atoms with Crippen LogP contribution < -0.4 is 20.5 Å². The monoisotopic (exact) mass is 362 g/mol. The predicted octanol–water partition coefficient (Wildman–Crippen LogP) is 4.04. The molecule has 26 heavy (non-hydrogen) atoms. The van der Waals surface area contributed by atoms with E-state index in [1.165, 1.54) is 0 Å². The van der Waals surface area contributed by atoms with Crippen LogP contribution in [-0.4, -0.2) is 31.2 Å². The maximum atomic E-state index is 12.6. The van der Waals surface area contributed by atoms with Crippen molar-refractivity contribution in [3.63, 3.8) is 0 Å². The van der Waals surface area contributed by atoms with Gasteiger partial charge in [-0.05, 0) is 56.7 Å². The zero-order valence-electron chi connectivity index (χ0n) is 16.3. The highest BCUT2D eigenvalue weighted by atomic mass is 16.5. The fraction of sp³-hybridized carbons (Fsp3) is 0.667. The second-order valence-electron chi connectivity index (χ2n) is 7.15. The zero-order chi connectivity index (χ0) is 18.8. The van der Waals surface area contributed by atoms with E-state index >= 15 is 0 Å². The average Bonchev–Trinajstić information content (AvgIpc) is 2.65. The number of carbonyl (C=O) groups excluding carboxylic acids is 1. The Morgan fingerprint density at radius 2 is 1.65 bits per heavy atom. The standard InChI is InChI=1S/C21H34N2O3/c1-3-5-13-25-19-12-7-16(15-20(19)26-14-6-4-2)21(24)23-18-10-8-17(22)9-11-18/h7,12,15,17-18H,3-6,8-11,13-14,22H2,1-2H3,(H,23,24). The number of rotatable bonds is 10. The maximum Gasteiger partial charge on any atom is 0.251 e. The minimum atomic E-state index is -0.0501. The van der Waals surface area contributed by atoms with E-state index in [-0.39, 0.29) is 18.0 Å². The van der Waals surface area contributed by atoms with Crippen molar-refractivity contribution in [3.05, 3.63) is 23.8 Å². The molecule has 0 unspecified atom stereocenters. The summed E-state index contributed by atoms with van der Waals surface area (Å²) in [7, 11) is 0. The van der Waals surface area contributed by atoms with Crippen molar-refractivity contribution in [1.82, 2.24) is 5.32 Å². The number of hydrogen-bond acceptors (Lipinski definition) is 4. The molecule has 0 radical (unpaired) electrons. The van der Waals surface area contributed by atoms with Crippen molar-refractivity contribution in [2.24, 2.45) is 5.73 Å². The third kappa shape index (κ3) is 6.52. The van der Waals surface area contributed by atoms with E-state index in [1.807, 2.05) is 12.1 Å². The van der Waals surface area contributed by atoms with Crippen molar-refractivity contribution in [2.45, 2.75) is 77.3 Å². The van der Waals surface area contributed by atoms with E-state index in [9.17, 15) is 4.79 Å². The fourth-order valence-corrected chi connectivity index (χ4v) is 3.07. The number of amides is 1. The summed E-state index contributed by atoms with van der Waals surface area (Å²) in [6.45, 7) is 5.55. The van der Waals surface area contributed by atoms with Crippen LogP contribution in [0.1, 0.15) is 75.6 Å². The van der Waals surface area contributed by atoms with Crippen LogP contribution in [0.2, 0.25) is 0 Å². The molecular weight excluding hydrogens is 328 g/mol. The summed E-state index contributed by atoms with van der Waals surface area (Å²) in [5.41, 5.74) is 6.56. The van der Waals surface area contributed by atoms with Crippen LogP contribution in [-0.2, 0) is 0 Å². The Morgan fingerprint density at radius 1 is 1.04 bits per heavy atom. The zero-order valence-corrected chi connectivity index (χ0v) is 16.3. The summed E-state index contributed by atoms with van der Waals surface area (Å²) in [4.78, 5) is 12.6. The smallest absolute Gasteiger partial charge is 0.251 e. The number of nitrogens with two attached hydrogens (primary N) is 1. The minimum Gasteiger partial charge on any atom is -0.490 e. The van der Waals surface area contributed by atoms with Crippen molar-refractivity contribution in [3.8, 4) is 11.5 Å². The second kappa shape index (κ2) is 11.1. The van der Waals surface area contributed by atoms with Gasteiger partial charge in [-0.2, -0.15) is 0 Å². The predicted molar refractivity (Wildman–Crippen MR) is 105 cm³/mol. The molecule has 146 valence electrons. The van der Waals surface area contributed by atoms with Crippen LogP contribution in [0.5, 0.6) is 11.5 Å². The minimum absolute atomic E-state index is 0.0501. The van der Waals surface area contributed by atoms with E-state index in [1.54, 1.807) is 6.07 Å². The molecule has 2 rings (SSSR count). The van der Waals surface area contributed by atoms with E-state index in [0.717, 1.165) is 57.1 Å². The van der Waals surface area contributed by atoms with Crippen molar-refractivity contribution in [1.29, 1.82) is 0 Å². The van der Waals surface area contributed by atoms with Crippen LogP contribution in [0.4, 0.5) is 0 Å². The van der Waals surface area contributed by atoms with Crippen LogP contribution >= 0.6 is 0 Å². The van der Waals surface area contributed by atoms with Gasteiger partial charge < -0.3 is 20.5 Å². The van der Waals surface area contributed by atoms with Crippen LogP contribution in [0.25, 0.3) is 0 Å². The van der Waals surface area contributed by atoms with Gasteiger partial charge in [0, 0.05) is 17.6 Å². The Bertz CT molecular complexity index is 554. The lowest BCUT2D eigenvalue weighted by Gasteiger charge is -2.26. The molecule has 1 fully saturated rings.